The molecule has 6 saturated heterocycles. The fourth-order valence-corrected chi connectivity index (χ4v) is 59.2. The molecule has 0 atom stereocenters. The van der Waals surface area contributed by atoms with Gasteiger partial charge in [-0.15, -0.1) is 0 Å². The van der Waals surface area contributed by atoms with Gasteiger partial charge in [0.25, 0.3) is 20.0 Å². The lowest BCUT2D eigenvalue weighted by Gasteiger charge is -2.58. The number of rotatable bonds is 8. The Kier molecular flexibility index (Phi) is 15.6. The molecule has 0 radical (unpaired) electrons. The van der Waals surface area contributed by atoms with Crippen molar-refractivity contribution in [2.75, 3.05) is 0 Å². The van der Waals surface area contributed by atoms with Gasteiger partial charge in [0.1, 0.15) is 0 Å². The maximum absolute atomic E-state index is 8.25. The van der Waals surface area contributed by atoms with Gasteiger partial charge in [-0.2, -0.15) is 0 Å². The summed E-state index contributed by atoms with van der Waals surface area (Å²) in [5.74, 6) is 0. The molecule has 0 saturated carbocycles. The minimum absolute atomic E-state index is 0.536. The zero-order chi connectivity index (χ0) is 52.2. The molecule has 0 N–H and O–H groups in total. The highest BCUT2D eigenvalue weighted by Gasteiger charge is 2.81. The van der Waals surface area contributed by atoms with E-state index < -0.39 is 90.4 Å². The lowest BCUT2D eigenvalue weighted by Crippen LogP contribution is -2.91. The number of benzene rings is 8. The fourth-order valence-electron chi connectivity index (χ4n) is 9.36. The zero-order valence-electron chi connectivity index (χ0n) is 42.2. The summed E-state index contributed by atoms with van der Waals surface area (Å²) >= 11 is 0. The van der Waals surface area contributed by atoms with Gasteiger partial charge in [-0.3, -0.25) is 0 Å². The second kappa shape index (κ2) is 22.2. The molecule has 6 aliphatic rings. The van der Waals surface area contributed by atoms with E-state index in [1.807, 2.05) is 270 Å². The quantitative estimate of drug-likeness (QED) is 0.207. The zero-order valence-corrected chi connectivity index (χ0v) is 53.1. The van der Waals surface area contributed by atoms with Crippen LogP contribution < -0.4 is 41.5 Å². The topological polar surface area (TPSA) is 129 Å². The number of fused-ring (bicyclic) bond motifs is 4. The Bertz CT molecular complexity index is 2710. The Morgan fingerprint density at radius 3 is 0.447 bits per heavy atom. The minimum atomic E-state index is -4.91. The smallest absolute Gasteiger partial charge is 0.395 e. The highest BCUT2D eigenvalue weighted by atomic mass is 28.6. The Morgan fingerprint density at radius 2 is 0.303 bits per heavy atom. The molecular formula is C52H56O14Si10. The van der Waals surface area contributed by atoms with Crippen molar-refractivity contribution >= 4 is 132 Å². The van der Waals surface area contributed by atoms with Crippen molar-refractivity contribution in [1.29, 1.82) is 0 Å². The average Bonchev–Trinajstić information content (AvgIpc) is 3.66. The molecule has 0 amide bonds. The van der Waals surface area contributed by atoms with Crippen LogP contribution in [0.4, 0.5) is 0 Å². The maximum atomic E-state index is 8.25. The molecule has 8 aromatic rings. The highest BCUT2D eigenvalue weighted by Crippen LogP contribution is 2.44. The second-order valence-electron chi connectivity index (χ2n) is 17.2. The van der Waals surface area contributed by atoms with Gasteiger partial charge in [-0.05, 0) is 0 Å². The van der Waals surface area contributed by atoms with Crippen LogP contribution in [-0.4, -0.2) is 90.4 Å². The molecule has 24 heteroatoms. The van der Waals surface area contributed by atoms with Crippen molar-refractivity contribution in [2.45, 2.75) is 27.7 Å². The third-order valence-corrected chi connectivity index (χ3v) is 50.5. The van der Waals surface area contributed by atoms with Crippen LogP contribution in [0.3, 0.4) is 0 Å². The van der Waals surface area contributed by atoms with E-state index in [0.29, 0.717) is 41.5 Å². The Balaban J connectivity index is 0.00000151. The summed E-state index contributed by atoms with van der Waals surface area (Å²) in [4.78, 5) is 0. The molecule has 76 heavy (non-hydrogen) atoms. The summed E-state index contributed by atoms with van der Waals surface area (Å²) in [6, 6.07) is 76.9. The van der Waals surface area contributed by atoms with Crippen molar-refractivity contribution in [3.8, 4) is 0 Å². The summed E-state index contributed by atoms with van der Waals surface area (Å²) in [5.41, 5.74) is 0. The van der Waals surface area contributed by atoms with E-state index in [1.54, 1.807) is 0 Å². The van der Waals surface area contributed by atoms with Gasteiger partial charge in [0.2, 0.25) is 0 Å². The van der Waals surface area contributed by atoms with E-state index in [9.17, 15) is 0 Å². The van der Waals surface area contributed by atoms with Crippen molar-refractivity contribution in [1.82, 2.24) is 0 Å². The van der Waals surface area contributed by atoms with E-state index >= 15 is 0 Å². The van der Waals surface area contributed by atoms with Crippen LogP contribution in [-0.2, 0) is 57.6 Å². The fraction of sp³-hybridized carbons (Fsp3) is 0.0769. The van der Waals surface area contributed by atoms with Crippen LogP contribution in [0.25, 0.3) is 0 Å². The average molecular weight is 1190 g/mol. The van der Waals surface area contributed by atoms with Crippen LogP contribution >= 0.6 is 0 Å². The van der Waals surface area contributed by atoms with E-state index in [1.165, 1.54) is 0 Å². The second-order valence-corrected chi connectivity index (χ2v) is 44.0. The van der Waals surface area contributed by atoms with E-state index in [4.69, 9.17) is 57.6 Å². The van der Waals surface area contributed by atoms with Gasteiger partial charge in [-0.1, -0.05) is 270 Å². The minimum Gasteiger partial charge on any atom is -0.395 e. The van der Waals surface area contributed by atoms with Gasteiger partial charge >= 0.3 is 70.4 Å². The van der Waals surface area contributed by atoms with Crippen LogP contribution in [0.1, 0.15) is 27.7 Å². The molecule has 6 aliphatic heterocycles. The molecule has 0 spiro atoms. The van der Waals surface area contributed by atoms with Crippen LogP contribution in [0.5, 0.6) is 0 Å². The Labute approximate surface area is 457 Å². The van der Waals surface area contributed by atoms with Gasteiger partial charge < -0.3 is 57.6 Å². The predicted molar refractivity (Wildman–Crippen MR) is 310 cm³/mol. The number of hydrogen-bond acceptors (Lipinski definition) is 14. The maximum Gasteiger partial charge on any atom is 0.515 e. The first-order valence-corrected chi connectivity index (χ1v) is 41.4. The van der Waals surface area contributed by atoms with Crippen LogP contribution in [0.15, 0.2) is 243 Å². The van der Waals surface area contributed by atoms with Gasteiger partial charge in [0.05, 0.1) is 0 Å². The first-order valence-electron chi connectivity index (χ1n) is 25.3. The predicted octanol–water partition coefficient (Wildman–Crippen LogP) is 3.11. The van der Waals surface area contributed by atoms with Crippen molar-refractivity contribution in [2.24, 2.45) is 0 Å². The summed E-state index contributed by atoms with van der Waals surface area (Å²) in [6.45, 7) is 8.00. The third-order valence-electron chi connectivity index (χ3n) is 12.7. The van der Waals surface area contributed by atoms with Gasteiger partial charge in [0.15, 0.2) is 0 Å². The largest absolute Gasteiger partial charge is 0.515 e. The summed E-state index contributed by atoms with van der Waals surface area (Å²) in [5, 5.41) is 4.48. The molecule has 388 valence electrons. The molecule has 6 heterocycles. The van der Waals surface area contributed by atoms with E-state index in [2.05, 4.69) is 0 Å². The molecule has 8 aromatic carbocycles. The summed E-state index contributed by atoms with van der Waals surface area (Å²) in [6.07, 6.45) is 0. The lowest BCUT2D eigenvalue weighted by atomic mass is 10.4. The molecular weight excluding hydrogens is 1130 g/mol. The molecule has 0 unspecified atom stereocenters. The third kappa shape index (κ3) is 9.64. The monoisotopic (exact) mass is 1180 g/mol. The molecule has 0 aromatic heterocycles. The Morgan fingerprint density at radius 1 is 0.184 bits per heavy atom. The van der Waals surface area contributed by atoms with Crippen LogP contribution in [0.2, 0.25) is 0 Å². The van der Waals surface area contributed by atoms with Crippen molar-refractivity contribution in [3.05, 3.63) is 243 Å². The lowest BCUT2D eigenvalue weighted by molar-refractivity contribution is 0.0333. The molecule has 0 aliphatic carbocycles. The normalized spacial score (nSPS) is 32.2. The van der Waals surface area contributed by atoms with Gasteiger partial charge in [0, 0.05) is 41.5 Å². The number of hydrogen-bond donors (Lipinski definition) is 0. The Hall–Kier alpha value is -4.63. The standard InChI is InChI=1S/C48H44O14Si10.2C2H6/c1-9-25-41(26-10-1)65-49-63-50-66(42-27-11-2-12-28-42)57-71(47-37-21-7-22-38-47)59-68(44-31-15-4-16-32-44)52-64-51-67(43-29-13-3-14-30-43,55-69(53-65,61-71)45-33-17-5-18-34-45)56-70(54-65,46-35-19-6-20-36-46)62-72(58-66,60-68)48-39-23-8-24-40-48;2*1-2/h1-40H,63-64H2;2*1-2H3. The molecule has 14 nitrogen and oxygen atoms in total. The highest BCUT2D eigenvalue weighted by molar-refractivity contribution is 7.11. The SMILES string of the molecule is CC.CC.c1ccc([Si]23O[SiH2]O[Si]4(c5ccccc5)O[Si]5(c6ccccc6)O[Si]6(c7ccccc7)O[SiH2]O[Si](c7ccccc7)(O[Si](c7ccccc7)(O2)O5)O[Si](c2ccccc2)(O3)O[Si](c2ccccc2)(O4)O6)cc1. The first-order chi connectivity index (χ1) is 37.3. The summed E-state index contributed by atoms with van der Waals surface area (Å²) < 4.78 is 111. The van der Waals surface area contributed by atoms with Crippen molar-refractivity contribution in [3.63, 3.8) is 0 Å². The van der Waals surface area contributed by atoms with Crippen LogP contribution in [0, 0.1) is 0 Å². The molecule has 8 bridgehead atoms. The first kappa shape index (κ1) is 53.4. The van der Waals surface area contributed by atoms with E-state index in [0.717, 1.165) is 0 Å². The van der Waals surface area contributed by atoms with Gasteiger partial charge in [-0.25, -0.2) is 0 Å². The van der Waals surface area contributed by atoms with E-state index in [-0.39, 0.29) is 0 Å². The summed E-state index contributed by atoms with van der Waals surface area (Å²) in [7, 11) is -43.0. The van der Waals surface area contributed by atoms with Crippen molar-refractivity contribution < 1.29 is 57.6 Å². The molecule has 6 fully saturated rings. The molecule has 14 rings (SSSR count).